The fourth-order valence-electron chi connectivity index (χ4n) is 2.92. The highest BCUT2D eigenvalue weighted by atomic mass is 16.2. The van der Waals surface area contributed by atoms with Crippen molar-refractivity contribution in [2.24, 2.45) is 5.92 Å². The van der Waals surface area contributed by atoms with E-state index in [0.29, 0.717) is 5.92 Å². The van der Waals surface area contributed by atoms with Crippen molar-refractivity contribution in [2.45, 2.75) is 39.0 Å². The number of amides is 1. The minimum absolute atomic E-state index is 0.108. The number of nitrogens with zero attached hydrogens (tertiary/aromatic N) is 1. The smallest absolute Gasteiger partial charge is 0.246 e. The van der Waals surface area contributed by atoms with Gasteiger partial charge in [0.1, 0.15) is 0 Å². The lowest BCUT2D eigenvalue weighted by Gasteiger charge is -2.26. The van der Waals surface area contributed by atoms with Crippen molar-refractivity contribution in [3.8, 4) is 0 Å². The summed E-state index contributed by atoms with van der Waals surface area (Å²) in [6.07, 6.45) is 10.2. The highest BCUT2D eigenvalue weighted by Gasteiger charge is 2.16. The summed E-state index contributed by atoms with van der Waals surface area (Å²) in [7, 11) is 1.91. The highest BCUT2D eigenvalue weighted by Crippen LogP contribution is 2.24. The lowest BCUT2D eigenvalue weighted by atomic mass is 9.89. The van der Waals surface area contributed by atoms with E-state index in [4.69, 9.17) is 0 Å². The van der Waals surface area contributed by atoms with Crippen LogP contribution >= 0.6 is 0 Å². The van der Waals surface area contributed by atoms with Crippen LogP contribution in [-0.2, 0) is 4.79 Å². The van der Waals surface area contributed by atoms with Gasteiger partial charge in [-0.25, -0.2) is 0 Å². The van der Waals surface area contributed by atoms with Crippen LogP contribution in [0.25, 0.3) is 6.08 Å². The summed E-state index contributed by atoms with van der Waals surface area (Å²) in [4.78, 5) is 14.0. The summed E-state index contributed by atoms with van der Waals surface area (Å²) in [6, 6.07) is 8.20. The van der Waals surface area contributed by atoms with Crippen LogP contribution in [0.5, 0.6) is 0 Å². The number of hydrogen-bond donors (Lipinski definition) is 0. The number of benzene rings is 1. The molecular weight excluding hydrogens is 246 g/mol. The molecule has 0 bridgehead atoms. The average Bonchev–Trinajstić information content (AvgIpc) is 2.46. The van der Waals surface area contributed by atoms with Crippen molar-refractivity contribution in [3.63, 3.8) is 0 Å². The van der Waals surface area contributed by atoms with E-state index in [-0.39, 0.29) is 5.91 Å². The van der Waals surface area contributed by atoms with E-state index >= 15 is 0 Å². The summed E-state index contributed by atoms with van der Waals surface area (Å²) in [6.45, 7) is 2.96. The predicted octanol–water partition coefficient (Wildman–Crippen LogP) is 4.05. The van der Waals surface area contributed by atoms with E-state index in [1.165, 1.54) is 37.7 Å². The Morgan fingerprint density at radius 2 is 2.05 bits per heavy atom. The summed E-state index contributed by atoms with van der Waals surface area (Å²) in [5, 5.41) is 0. The van der Waals surface area contributed by atoms with Gasteiger partial charge in [0.25, 0.3) is 0 Å². The van der Waals surface area contributed by atoms with Gasteiger partial charge in [0.05, 0.1) is 0 Å². The van der Waals surface area contributed by atoms with Crippen LogP contribution in [0.1, 0.15) is 43.2 Å². The molecule has 1 saturated carbocycles. The Hall–Kier alpha value is -1.57. The van der Waals surface area contributed by atoms with E-state index in [2.05, 4.69) is 19.1 Å². The Balaban J connectivity index is 1.86. The monoisotopic (exact) mass is 271 g/mol. The minimum Gasteiger partial charge on any atom is -0.342 e. The third-order valence-corrected chi connectivity index (χ3v) is 4.09. The third-order valence-electron chi connectivity index (χ3n) is 4.09. The van der Waals surface area contributed by atoms with Crippen LogP contribution in [0.4, 0.5) is 0 Å². The number of rotatable bonds is 4. The summed E-state index contributed by atoms with van der Waals surface area (Å²) >= 11 is 0. The molecule has 0 aromatic heterocycles. The number of aryl methyl sites for hydroxylation is 1. The van der Waals surface area contributed by atoms with Crippen LogP contribution in [-0.4, -0.2) is 24.4 Å². The number of hydrogen-bond acceptors (Lipinski definition) is 1. The van der Waals surface area contributed by atoms with Gasteiger partial charge in [0, 0.05) is 19.7 Å². The standard InChI is InChI=1S/C18H25NO/c1-15-7-6-10-16(13-15)11-12-18(20)19(2)14-17-8-4-3-5-9-17/h6-7,10-13,17H,3-5,8-9,14H2,1-2H3/b12-11+. The molecule has 1 aliphatic carbocycles. The predicted molar refractivity (Wildman–Crippen MR) is 84.4 cm³/mol. The molecule has 0 saturated heterocycles. The zero-order valence-corrected chi connectivity index (χ0v) is 12.6. The zero-order valence-electron chi connectivity index (χ0n) is 12.6. The first kappa shape index (κ1) is 14.8. The molecule has 108 valence electrons. The van der Waals surface area contributed by atoms with Crippen molar-refractivity contribution in [1.82, 2.24) is 4.90 Å². The van der Waals surface area contributed by atoms with Gasteiger partial charge in [-0.15, -0.1) is 0 Å². The summed E-state index contributed by atoms with van der Waals surface area (Å²) in [5.41, 5.74) is 2.31. The van der Waals surface area contributed by atoms with E-state index in [1.54, 1.807) is 6.08 Å². The van der Waals surface area contributed by atoms with Crippen molar-refractivity contribution < 1.29 is 4.79 Å². The van der Waals surface area contributed by atoms with E-state index in [0.717, 1.165) is 12.1 Å². The molecule has 0 heterocycles. The molecule has 2 rings (SSSR count). The molecule has 0 unspecified atom stereocenters. The maximum atomic E-state index is 12.1. The molecule has 1 fully saturated rings. The Morgan fingerprint density at radius 1 is 1.30 bits per heavy atom. The molecule has 0 N–H and O–H groups in total. The van der Waals surface area contributed by atoms with Gasteiger partial charge in [-0.05, 0) is 37.3 Å². The van der Waals surface area contributed by atoms with Gasteiger partial charge in [0.15, 0.2) is 0 Å². The Labute approximate surface area is 122 Å². The van der Waals surface area contributed by atoms with Crippen LogP contribution < -0.4 is 0 Å². The SMILES string of the molecule is Cc1cccc(/C=C/C(=O)N(C)CC2CCCCC2)c1. The Bertz CT molecular complexity index is 472. The molecule has 0 spiro atoms. The Morgan fingerprint density at radius 3 is 2.75 bits per heavy atom. The second-order valence-electron chi connectivity index (χ2n) is 5.97. The van der Waals surface area contributed by atoms with E-state index < -0.39 is 0 Å². The number of likely N-dealkylation sites (N-methyl/N-ethyl adjacent to an activating group) is 1. The zero-order chi connectivity index (χ0) is 14.4. The second kappa shape index (κ2) is 7.28. The minimum atomic E-state index is 0.108. The molecule has 2 nitrogen and oxygen atoms in total. The molecule has 20 heavy (non-hydrogen) atoms. The maximum Gasteiger partial charge on any atom is 0.246 e. The van der Waals surface area contributed by atoms with Crippen LogP contribution in [0.2, 0.25) is 0 Å². The fourth-order valence-corrected chi connectivity index (χ4v) is 2.92. The van der Waals surface area contributed by atoms with Gasteiger partial charge < -0.3 is 4.90 Å². The van der Waals surface area contributed by atoms with Crippen molar-refractivity contribution in [2.75, 3.05) is 13.6 Å². The van der Waals surface area contributed by atoms with Gasteiger partial charge in [-0.2, -0.15) is 0 Å². The lowest BCUT2D eigenvalue weighted by molar-refractivity contribution is -0.125. The molecule has 1 aliphatic rings. The fraction of sp³-hybridized carbons (Fsp3) is 0.500. The van der Waals surface area contributed by atoms with Crippen molar-refractivity contribution in [1.29, 1.82) is 0 Å². The normalized spacial score (nSPS) is 16.5. The van der Waals surface area contributed by atoms with E-state index in [9.17, 15) is 4.79 Å². The van der Waals surface area contributed by atoms with Crippen LogP contribution in [0.3, 0.4) is 0 Å². The van der Waals surface area contributed by atoms with Gasteiger partial charge in [0.2, 0.25) is 5.91 Å². The summed E-state index contributed by atoms with van der Waals surface area (Å²) in [5.74, 6) is 0.808. The van der Waals surface area contributed by atoms with E-state index in [1.807, 2.05) is 30.2 Å². The van der Waals surface area contributed by atoms with Gasteiger partial charge in [-0.3, -0.25) is 4.79 Å². The van der Waals surface area contributed by atoms with Crippen molar-refractivity contribution >= 4 is 12.0 Å². The molecular formula is C18H25NO. The topological polar surface area (TPSA) is 20.3 Å². The highest BCUT2D eigenvalue weighted by molar-refractivity contribution is 5.91. The molecule has 0 radical (unpaired) electrons. The van der Waals surface area contributed by atoms with Crippen LogP contribution in [0, 0.1) is 12.8 Å². The second-order valence-corrected chi connectivity index (χ2v) is 5.97. The lowest BCUT2D eigenvalue weighted by Crippen LogP contribution is -2.31. The molecule has 1 aromatic rings. The number of carbonyl (C=O) groups excluding carboxylic acids is 1. The van der Waals surface area contributed by atoms with Crippen LogP contribution in [0.15, 0.2) is 30.3 Å². The van der Waals surface area contributed by atoms with Gasteiger partial charge >= 0.3 is 0 Å². The molecule has 0 aliphatic heterocycles. The number of carbonyl (C=O) groups is 1. The summed E-state index contributed by atoms with van der Waals surface area (Å²) < 4.78 is 0. The quantitative estimate of drug-likeness (QED) is 0.757. The first-order valence-electron chi connectivity index (χ1n) is 7.65. The van der Waals surface area contributed by atoms with Crippen molar-refractivity contribution in [3.05, 3.63) is 41.5 Å². The first-order valence-corrected chi connectivity index (χ1v) is 7.65. The maximum absolute atomic E-state index is 12.1. The third kappa shape index (κ3) is 4.52. The van der Waals surface area contributed by atoms with Gasteiger partial charge in [-0.1, -0.05) is 49.1 Å². The molecule has 2 heteroatoms. The molecule has 1 aromatic carbocycles. The molecule has 0 atom stereocenters. The average molecular weight is 271 g/mol. The molecule has 1 amide bonds. The largest absolute Gasteiger partial charge is 0.342 e. The first-order chi connectivity index (χ1) is 9.65. The Kier molecular flexibility index (Phi) is 5.40.